The van der Waals surface area contributed by atoms with Crippen molar-refractivity contribution in [2.75, 3.05) is 31.1 Å². The smallest absolute Gasteiger partial charge is 0.292 e. The first kappa shape index (κ1) is 17.8. The summed E-state index contributed by atoms with van der Waals surface area (Å²) < 4.78 is 1.29. The van der Waals surface area contributed by atoms with E-state index in [2.05, 4.69) is 5.10 Å². The van der Waals surface area contributed by atoms with Gasteiger partial charge in [-0.15, -0.1) is 11.3 Å². The molecule has 1 aliphatic rings. The molecule has 0 aliphatic carbocycles. The fourth-order valence-electron chi connectivity index (χ4n) is 3.10. The summed E-state index contributed by atoms with van der Waals surface area (Å²) in [6.07, 6.45) is 1.62. The van der Waals surface area contributed by atoms with Crippen LogP contribution in [0.1, 0.15) is 9.67 Å². The van der Waals surface area contributed by atoms with Crippen LogP contribution < -0.4 is 10.5 Å². The first-order valence-corrected chi connectivity index (χ1v) is 9.82. The minimum absolute atomic E-state index is 0.0494. The lowest BCUT2D eigenvalue weighted by molar-refractivity contribution is 0.0751. The number of amides is 1. The lowest BCUT2D eigenvalue weighted by Gasteiger charge is -2.36. The number of para-hydroxylation sites is 1. The minimum Gasteiger partial charge on any atom is -0.365 e. The predicted octanol–water partition coefficient (Wildman–Crippen LogP) is 2.91. The fraction of sp³-hybridized carbons (Fsp3) is 0.211. The van der Waals surface area contributed by atoms with Crippen molar-refractivity contribution in [3.8, 4) is 5.69 Å². The van der Waals surface area contributed by atoms with Crippen LogP contribution in [0, 0.1) is 0 Å². The molecular formula is C19H17ClN4O2S. The number of hydrogen-bond donors (Lipinski definition) is 0. The Labute approximate surface area is 165 Å². The van der Waals surface area contributed by atoms with E-state index < -0.39 is 0 Å². The second kappa shape index (κ2) is 7.54. The van der Waals surface area contributed by atoms with Gasteiger partial charge < -0.3 is 9.80 Å². The summed E-state index contributed by atoms with van der Waals surface area (Å²) in [6, 6.07) is 12.9. The van der Waals surface area contributed by atoms with Crippen LogP contribution in [-0.4, -0.2) is 46.8 Å². The van der Waals surface area contributed by atoms with E-state index in [1.165, 1.54) is 16.0 Å². The number of carbonyl (C=O) groups excluding carboxylic acids is 1. The SMILES string of the molecule is O=C(c1cccs1)N1CCN(c2cnn(-c3ccccc3)c(=O)c2Cl)CC1. The van der Waals surface area contributed by atoms with Gasteiger partial charge in [0.15, 0.2) is 0 Å². The van der Waals surface area contributed by atoms with Crippen molar-refractivity contribution in [2.24, 2.45) is 0 Å². The number of anilines is 1. The van der Waals surface area contributed by atoms with Crippen LogP contribution >= 0.6 is 22.9 Å². The number of benzene rings is 1. The molecule has 0 N–H and O–H groups in total. The summed E-state index contributed by atoms with van der Waals surface area (Å²) >= 11 is 7.81. The highest BCUT2D eigenvalue weighted by Crippen LogP contribution is 2.24. The van der Waals surface area contributed by atoms with Crippen molar-refractivity contribution < 1.29 is 4.79 Å². The zero-order valence-electron chi connectivity index (χ0n) is 14.4. The van der Waals surface area contributed by atoms with E-state index in [0.29, 0.717) is 37.6 Å². The average Bonchev–Trinajstić information content (AvgIpc) is 3.25. The van der Waals surface area contributed by atoms with Gasteiger partial charge in [0.05, 0.1) is 22.4 Å². The van der Waals surface area contributed by atoms with Gasteiger partial charge in [-0.25, -0.2) is 0 Å². The molecule has 3 heterocycles. The molecule has 0 spiro atoms. The van der Waals surface area contributed by atoms with Gasteiger partial charge in [0.1, 0.15) is 5.02 Å². The van der Waals surface area contributed by atoms with E-state index in [1.807, 2.05) is 45.5 Å². The Kier molecular flexibility index (Phi) is 4.96. The van der Waals surface area contributed by atoms with E-state index in [0.717, 1.165) is 4.88 Å². The van der Waals surface area contributed by atoms with Crippen LogP contribution in [-0.2, 0) is 0 Å². The van der Waals surface area contributed by atoms with Crippen molar-refractivity contribution in [3.05, 3.63) is 74.3 Å². The molecule has 1 fully saturated rings. The molecule has 1 aromatic carbocycles. The van der Waals surface area contributed by atoms with Crippen molar-refractivity contribution >= 4 is 34.5 Å². The van der Waals surface area contributed by atoms with Crippen LogP contribution in [0.15, 0.2) is 58.8 Å². The second-order valence-electron chi connectivity index (χ2n) is 6.15. The number of hydrogen-bond acceptors (Lipinski definition) is 5. The number of piperazine rings is 1. The Balaban J connectivity index is 1.51. The molecule has 1 saturated heterocycles. The standard InChI is InChI=1S/C19H17ClN4O2S/c20-17-15(13-21-24(19(17)26)14-5-2-1-3-6-14)22-8-10-23(11-9-22)18(25)16-7-4-12-27-16/h1-7,12-13H,8-11H2. The van der Waals surface area contributed by atoms with Gasteiger partial charge in [0.25, 0.3) is 11.5 Å². The summed E-state index contributed by atoms with van der Waals surface area (Å²) in [7, 11) is 0. The maximum atomic E-state index is 12.6. The number of halogens is 1. The molecular weight excluding hydrogens is 384 g/mol. The topological polar surface area (TPSA) is 58.4 Å². The molecule has 1 aliphatic heterocycles. The molecule has 1 amide bonds. The summed E-state index contributed by atoms with van der Waals surface area (Å²) in [6.45, 7) is 2.37. The van der Waals surface area contributed by atoms with Gasteiger partial charge in [0.2, 0.25) is 0 Å². The van der Waals surface area contributed by atoms with Crippen LogP contribution in [0.5, 0.6) is 0 Å². The maximum absolute atomic E-state index is 12.6. The zero-order chi connectivity index (χ0) is 18.8. The largest absolute Gasteiger partial charge is 0.365 e. The number of rotatable bonds is 3. The molecule has 0 radical (unpaired) electrons. The Morgan fingerprint density at radius 3 is 2.44 bits per heavy atom. The summed E-state index contributed by atoms with van der Waals surface area (Å²) in [4.78, 5) is 29.7. The molecule has 0 saturated carbocycles. The Hall–Kier alpha value is -2.64. The lowest BCUT2D eigenvalue weighted by Crippen LogP contribution is -2.49. The third kappa shape index (κ3) is 3.48. The van der Waals surface area contributed by atoms with Gasteiger partial charge in [-0.05, 0) is 23.6 Å². The van der Waals surface area contributed by atoms with Gasteiger partial charge in [0, 0.05) is 26.2 Å². The summed E-state index contributed by atoms with van der Waals surface area (Å²) in [5, 5.41) is 6.32. The van der Waals surface area contributed by atoms with E-state index in [9.17, 15) is 9.59 Å². The molecule has 2 aromatic heterocycles. The molecule has 27 heavy (non-hydrogen) atoms. The minimum atomic E-state index is -0.350. The second-order valence-corrected chi connectivity index (χ2v) is 7.48. The quantitative estimate of drug-likeness (QED) is 0.678. The predicted molar refractivity (Wildman–Crippen MR) is 107 cm³/mol. The molecule has 0 atom stereocenters. The van der Waals surface area contributed by atoms with Crippen LogP contribution in [0.3, 0.4) is 0 Å². The third-order valence-electron chi connectivity index (χ3n) is 4.54. The monoisotopic (exact) mass is 400 g/mol. The normalized spacial score (nSPS) is 14.4. The van der Waals surface area contributed by atoms with Crippen LogP contribution in [0.25, 0.3) is 5.69 Å². The Morgan fingerprint density at radius 2 is 1.78 bits per heavy atom. The first-order valence-electron chi connectivity index (χ1n) is 8.56. The number of nitrogens with zero attached hydrogens (tertiary/aromatic N) is 4. The van der Waals surface area contributed by atoms with E-state index in [-0.39, 0.29) is 16.5 Å². The fourth-order valence-corrected chi connectivity index (χ4v) is 4.04. The molecule has 3 aromatic rings. The first-order chi connectivity index (χ1) is 13.1. The molecule has 6 nitrogen and oxygen atoms in total. The molecule has 0 unspecified atom stereocenters. The number of thiophene rings is 1. The van der Waals surface area contributed by atoms with Crippen molar-refractivity contribution in [1.29, 1.82) is 0 Å². The number of aromatic nitrogens is 2. The van der Waals surface area contributed by atoms with Crippen molar-refractivity contribution in [1.82, 2.24) is 14.7 Å². The highest BCUT2D eigenvalue weighted by Gasteiger charge is 2.25. The Bertz CT molecular complexity index is 996. The molecule has 138 valence electrons. The highest BCUT2D eigenvalue weighted by molar-refractivity contribution is 7.12. The van der Waals surface area contributed by atoms with Gasteiger partial charge in [-0.1, -0.05) is 35.9 Å². The average molecular weight is 401 g/mol. The van der Waals surface area contributed by atoms with E-state index >= 15 is 0 Å². The maximum Gasteiger partial charge on any atom is 0.292 e. The van der Waals surface area contributed by atoms with Gasteiger partial charge in [-0.2, -0.15) is 9.78 Å². The van der Waals surface area contributed by atoms with E-state index in [1.54, 1.807) is 18.3 Å². The van der Waals surface area contributed by atoms with E-state index in [4.69, 9.17) is 11.6 Å². The zero-order valence-corrected chi connectivity index (χ0v) is 16.0. The van der Waals surface area contributed by atoms with Crippen LogP contribution in [0.4, 0.5) is 5.69 Å². The van der Waals surface area contributed by atoms with Gasteiger partial charge in [-0.3, -0.25) is 9.59 Å². The van der Waals surface area contributed by atoms with Crippen molar-refractivity contribution in [3.63, 3.8) is 0 Å². The van der Waals surface area contributed by atoms with Crippen LogP contribution in [0.2, 0.25) is 5.02 Å². The lowest BCUT2D eigenvalue weighted by atomic mass is 10.2. The molecule has 4 rings (SSSR count). The van der Waals surface area contributed by atoms with Gasteiger partial charge >= 0.3 is 0 Å². The molecule has 0 bridgehead atoms. The van der Waals surface area contributed by atoms with Crippen molar-refractivity contribution in [2.45, 2.75) is 0 Å². The molecule has 8 heteroatoms. The number of carbonyl (C=O) groups is 1. The summed E-state index contributed by atoms with van der Waals surface area (Å²) in [5.41, 5.74) is 0.928. The third-order valence-corrected chi connectivity index (χ3v) is 5.75. The Morgan fingerprint density at radius 1 is 1.04 bits per heavy atom. The summed E-state index contributed by atoms with van der Waals surface area (Å²) in [5.74, 6) is 0.0494. The highest BCUT2D eigenvalue weighted by atomic mass is 35.5.